The molecule has 1 N–H and O–H groups in total. The molecule has 1 aliphatic rings. The van der Waals surface area contributed by atoms with E-state index in [1.165, 1.54) is 0 Å². The quantitative estimate of drug-likeness (QED) is 0.736. The second-order valence-electron chi connectivity index (χ2n) is 5.21. The summed E-state index contributed by atoms with van der Waals surface area (Å²) in [6, 6.07) is 0.100. The number of hydrogen-bond donors (Lipinski definition) is 1. The molecule has 0 saturated carbocycles. The molecule has 100 valence electrons. The second-order valence-corrected chi connectivity index (χ2v) is 5.21. The lowest BCUT2D eigenvalue weighted by molar-refractivity contribution is -0.138. The molecule has 1 rings (SSSR count). The summed E-state index contributed by atoms with van der Waals surface area (Å²) in [7, 11) is 3.94. The summed E-state index contributed by atoms with van der Waals surface area (Å²) in [5.41, 5.74) is 0. The van der Waals surface area contributed by atoms with Crippen molar-refractivity contribution in [1.82, 2.24) is 9.80 Å². The molecule has 0 radical (unpaired) electrons. The van der Waals surface area contributed by atoms with Crippen molar-refractivity contribution < 1.29 is 14.6 Å². The molecule has 5 nitrogen and oxygen atoms in total. The molecule has 2 unspecified atom stereocenters. The lowest BCUT2D eigenvalue weighted by atomic mass is 10.2. The first kappa shape index (κ1) is 14.4. The molecular weight excluding hydrogens is 220 g/mol. The van der Waals surface area contributed by atoms with Gasteiger partial charge in [-0.1, -0.05) is 0 Å². The Balaban J connectivity index is 2.51. The summed E-state index contributed by atoms with van der Waals surface area (Å²) < 4.78 is 5.32. The van der Waals surface area contributed by atoms with Crippen LogP contribution in [-0.2, 0) is 9.53 Å². The fourth-order valence-corrected chi connectivity index (χ4v) is 2.11. The molecule has 0 aliphatic carbocycles. The van der Waals surface area contributed by atoms with Crippen LogP contribution in [0.3, 0.4) is 0 Å². The molecule has 17 heavy (non-hydrogen) atoms. The SMILES string of the molecule is CC(C)OCC(=O)N1CC(O)CC1CN(C)C. The molecule has 1 amide bonds. The molecule has 0 aromatic heterocycles. The number of aliphatic hydroxyl groups is 1. The molecule has 1 aliphatic heterocycles. The van der Waals surface area contributed by atoms with Gasteiger partial charge in [0.25, 0.3) is 0 Å². The normalized spacial score (nSPS) is 25.0. The molecule has 1 fully saturated rings. The van der Waals surface area contributed by atoms with Crippen molar-refractivity contribution in [3.8, 4) is 0 Å². The van der Waals surface area contributed by atoms with E-state index in [2.05, 4.69) is 0 Å². The monoisotopic (exact) mass is 244 g/mol. The van der Waals surface area contributed by atoms with E-state index in [0.29, 0.717) is 13.0 Å². The van der Waals surface area contributed by atoms with Gasteiger partial charge in [0.15, 0.2) is 0 Å². The van der Waals surface area contributed by atoms with Gasteiger partial charge >= 0.3 is 0 Å². The van der Waals surface area contributed by atoms with Crippen molar-refractivity contribution >= 4 is 5.91 Å². The third kappa shape index (κ3) is 4.61. The Morgan fingerprint density at radius 2 is 2.18 bits per heavy atom. The minimum absolute atomic E-state index is 0.0258. The summed E-state index contributed by atoms with van der Waals surface area (Å²) >= 11 is 0. The highest BCUT2D eigenvalue weighted by Crippen LogP contribution is 2.18. The van der Waals surface area contributed by atoms with Crippen LogP contribution in [0.25, 0.3) is 0 Å². The molecule has 5 heteroatoms. The van der Waals surface area contributed by atoms with E-state index in [-0.39, 0.29) is 24.7 Å². The van der Waals surface area contributed by atoms with E-state index in [0.717, 1.165) is 6.54 Å². The third-order valence-electron chi connectivity index (χ3n) is 2.83. The van der Waals surface area contributed by atoms with Crippen molar-refractivity contribution in [2.24, 2.45) is 0 Å². The maximum absolute atomic E-state index is 12.0. The summed E-state index contributed by atoms with van der Waals surface area (Å²) in [5, 5.41) is 9.66. The zero-order valence-corrected chi connectivity index (χ0v) is 11.2. The van der Waals surface area contributed by atoms with E-state index < -0.39 is 6.10 Å². The van der Waals surface area contributed by atoms with E-state index in [4.69, 9.17) is 4.74 Å². The number of rotatable bonds is 5. The predicted octanol–water partition coefficient (Wildman–Crippen LogP) is -0.0652. The van der Waals surface area contributed by atoms with Crippen molar-refractivity contribution in [3.63, 3.8) is 0 Å². The highest BCUT2D eigenvalue weighted by Gasteiger charge is 2.34. The van der Waals surface area contributed by atoms with Crippen LogP contribution in [-0.4, -0.2) is 72.9 Å². The van der Waals surface area contributed by atoms with Gasteiger partial charge in [0.2, 0.25) is 5.91 Å². The number of hydrogen-bond acceptors (Lipinski definition) is 4. The Hall–Kier alpha value is -0.650. The van der Waals surface area contributed by atoms with Gasteiger partial charge in [0, 0.05) is 19.1 Å². The van der Waals surface area contributed by atoms with Gasteiger partial charge in [-0.25, -0.2) is 0 Å². The number of likely N-dealkylation sites (tertiary alicyclic amines) is 1. The Morgan fingerprint density at radius 3 is 2.71 bits per heavy atom. The number of nitrogens with zero attached hydrogens (tertiary/aromatic N) is 2. The smallest absolute Gasteiger partial charge is 0.248 e. The lowest BCUT2D eigenvalue weighted by Gasteiger charge is -2.27. The maximum Gasteiger partial charge on any atom is 0.248 e. The number of ether oxygens (including phenoxy) is 1. The first-order valence-electron chi connectivity index (χ1n) is 6.14. The number of likely N-dealkylation sites (N-methyl/N-ethyl adjacent to an activating group) is 1. The number of amides is 1. The Kier molecular flexibility index (Phi) is 5.36. The molecule has 0 bridgehead atoms. The van der Waals surface area contributed by atoms with Gasteiger partial charge in [0.05, 0.1) is 12.2 Å². The van der Waals surface area contributed by atoms with Crippen LogP contribution in [0.1, 0.15) is 20.3 Å². The average Bonchev–Trinajstić information content (AvgIpc) is 2.54. The van der Waals surface area contributed by atoms with Crippen molar-refractivity contribution in [2.45, 2.75) is 38.5 Å². The number of β-amino-alcohol motifs (C(OH)–C–C–N with tert-alkyl or cyclic N) is 1. The van der Waals surface area contributed by atoms with Gasteiger partial charge < -0.3 is 19.6 Å². The predicted molar refractivity (Wildman–Crippen MR) is 65.8 cm³/mol. The van der Waals surface area contributed by atoms with Gasteiger partial charge in [-0.2, -0.15) is 0 Å². The number of carbonyl (C=O) groups is 1. The third-order valence-corrected chi connectivity index (χ3v) is 2.83. The van der Waals surface area contributed by atoms with Crippen LogP contribution in [0.4, 0.5) is 0 Å². The number of aliphatic hydroxyl groups excluding tert-OH is 1. The zero-order valence-electron chi connectivity index (χ0n) is 11.2. The zero-order chi connectivity index (χ0) is 13.0. The highest BCUT2D eigenvalue weighted by molar-refractivity contribution is 5.78. The van der Waals surface area contributed by atoms with Crippen molar-refractivity contribution in [3.05, 3.63) is 0 Å². The molecule has 1 heterocycles. The standard InChI is InChI=1S/C12H24N2O3/c1-9(2)17-8-12(16)14-7-11(15)5-10(14)6-13(3)4/h9-11,15H,5-8H2,1-4H3. The van der Waals surface area contributed by atoms with Crippen LogP contribution < -0.4 is 0 Å². The highest BCUT2D eigenvalue weighted by atomic mass is 16.5. The van der Waals surface area contributed by atoms with Gasteiger partial charge in [-0.3, -0.25) is 4.79 Å². The van der Waals surface area contributed by atoms with Crippen molar-refractivity contribution in [1.29, 1.82) is 0 Å². The van der Waals surface area contributed by atoms with Crippen LogP contribution >= 0.6 is 0 Å². The maximum atomic E-state index is 12.0. The lowest BCUT2D eigenvalue weighted by Crippen LogP contribution is -2.43. The molecule has 2 atom stereocenters. The molecule has 0 aromatic carbocycles. The van der Waals surface area contributed by atoms with Gasteiger partial charge in [-0.05, 0) is 34.4 Å². The topological polar surface area (TPSA) is 53.0 Å². The molecule has 1 saturated heterocycles. The summed E-state index contributed by atoms with van der Waals surface area (Å²) in [6.07, 6.45) is 0.313. The number of carbonyl (C=O) groups excluding carboxylic acids is 1. The van der Waals surface area contributed by atoms with E-state index in [1.54, 1.807) is 4.90 Å². The minimum Gasteiger partial charge on any atom is -0.391 e. The summed E-state index contributed by atoms with van der Waals surface area (Å²) in [5.74, 6) is -0.0258. The Bertz CT molecular complexity index is 256. The average molecular weight is 244 g/mol. The van der Waals surface area contributed by atoms with E-state index >= 15 is 0 Å². The van der Waals surface area contributed by atoms with Crippen LogP contribution in [0.15, 0.2) is 0 Å². The van der Waals surface area contributed by atoms with E-state index in [9.17, 15) is 9.90 Å². The minimum atomic E-state index is -0.400. The molecule has 0 aromatic rings. The largest absolute Gasteiger partial charge is 0.391 e. The summed E-state index contributed by atoms with van der Waals surface area (Å²) in [4.78, 5) is 15.7. The first-order chi connectivity index (χ1) is 7.90. The van der Waals surface area contributed by atoms with Crippen LogP contribution in [0, 0.1) is 0 Å². The van der Waals surface area contributed by atoms with Gasteiger partial charge in [-0.15, -0.1) is 0 Å². The van der Waals surface area contributed by atoms with Gasteiger partial charge in [0.1, 0.15) is 6.61 Å². The second kappa shape index (κ2) is 6.33. The Morgan fingerprint density at radius 1 is 1.53 bits per heavy atom. The van der Waals surface area contributed by atoms with E-state index in [1.807, 2.05) is 32.8 Å². The van der Waals surface area contributed by atoms with Crippen LogP contribution in [0.2, 0.25) is 0 Å². The molecular formula is C12H24N2O3. The fraction of sp³-hybridized carbons (Fsp3) is 0.917. The summed E-state index contributed by atoms with van der Waals surface area (Å²) in [6.45, 7) is 5.13. The van der Waals surface area contributed by atoms with Crippen LogP contribution in [0.5, 0.6) is 0 Å². The van der Waals surface area contributed by atoms with Crippen molar-refractivity contribution in [2.75, 3.05) is 33.8 Å². The fourth-order valence-electron chi connectivity index (χ4n) is 2.11. The Labute approximate surface area is 103 Å². The molecule has 0 spiro atoms. The first-order valence-corrected chi connectivity index (χ1v) is 6.14.